The second-order valence-corrected chi connectivity index (χ2v) is 5.24. The first kappa shape index (κ1) is 14.3. The Bertz CT molecular complexity index is 664. The fraction of sp³-hybridized carbons (Fsp3) is 0.429. The zero-order chi connectivity index (χ0) is 14.8. The van der Waals surface area contributed by atoms with Crippen molar-refractivity contribution in [3.8, 4) is 0 Å². The summed E-state index contributed by atoms with van der Waals surface area (Å²) in [4.78, 5) is 19.0. The summed E-state index contributed by atoms with van der Waals surface area (Å²) in [6.45, 7) is 7.08. The van der Waals surface area contributed by atoms with Gasteiger partial charge in [0.05, 0.1) is 16.5 Å². The normalized spacial score (nSPS) is 11.8. The Labute approximate surface area is 117 Å². The highest BCUT2D eigenvalue weighted by Crippen LogP contribution is 2.14. The summed E-state index contributed by atoms with van der Waals surface area (Å²) in [5.41, 5.74) is 6.28. The van der Waals surface area contributed by atoms with E-state index in [-0.39, 0.29) is 11.2 Å². The lowest BCUT2D eigenvalue weighted by Gasteiger charge is -2.24. The van der Waals surface area contributed by atoms with E-state index >= 15 is 0 Å². The van der Waals surface area contributed by atoms with Gasteiger partial charge in [0.1, 0.15) is 0 Å². The van der Waals surface area contributed by atoms with Crippen LogP contribution >= 0.6 is 0 Å². The Morgan fingerprint density at radius 2 is 2.20 bits per heavy atom. The van der Waals surface area contributed by atoms with E-state index in [0.717, 1.165) is 0 Å². The van der Waals surface area contributed by atoms with Crippen LogP contribution in [0.4, 0.5) is 11.6 Å². The largest absolute Gasteiger partial charge is 0.399 e. The summed E-state index contributed by atoms with van der Waals surface area (Å²) in [7, 11) is 0. The van der Waals surface area contributed by atoms with Crippen molar-refractivity contribution in [1.29, 1.82) is 0 Å². The van der Waals surface area contributed by atoms with E-state index in [9.17, 15) is 4.79 Å². The van der Waals surface area contributed by atoms with Gasteiger partial charge in [0, 0.05) is 18.8 Å². The van der Waals surface area contributed by atoms with E-state index in [0.29, 0.717) is 35.7 Å². The molecule has 4 N–H and O–H groups in total. The van der Waals surface area contributed by atoms with E-state index in [1.165, 1.54) is 0 Å². The van der Waals surface area contributed by atoms with Crippen LogP contribution in [0.5, 0.6) is 0 Å². The van der Waals surface area contributed by atoms with Crippen LogP contribution in [0.2, 0.25) is 0 Å². The third-order valence-electron chi connectivity index (χ3n) is 2.95. The quantitative estimate of drug-likeness (QED) is 0.723. The number of nitrogens with two attached hydrogens (primary N) is 1. The van der Waals surface area contributed by atoms with Crippen LogP contribution in [0.25, 0.3) is 10.9 Å². The highest BCUT2D eigenvalue weighted by molar-refractivity contribution is 5.81. The minimum atomic E-state index is -0.330. The van der Waals surface area contributed by atoms with Gasteiger partial charge in [-0.3, -0.25) is 9.78 Å². The zero-order valence-electron chi connectivity index (χ0n) is 12.0. The molecule has 20 heavy (non-hydrogen) atoms. The van der Waals surface area contributed by atoms with Crippen LogP contribution in [0, 0.1) is 0 Å². The Balaban J connectivity index is 2.24. The van der Waals surface area contributed by atoms with Crippen molar-refractivity contribution in [1.82, 2.24) is 9.97 Å². The van der Waals surface area contributed by atoms with Crippen LogP contribution in [0.1, 0.15) is 20.8 Å². The zero-order valence-corrected chi connectivity index (χ0v) is 12.0. The monoisotopic (exact) mass is 276 g/mol. The molecule has 0 radical (unpaired) electrons. The number of anilines is 2. The molecule has 0 atom stereocenters. The highest BCUT2D eigenvalue weighted by atomic mass is 16.5. The number of H-pyrrole nitrogens is 1. The number of hydrogen-bond donors (Lipinski definition) is 3. The van der Waals surface area contributed by atoms with Gasteiger partial charge in [0.25, 0.3) is 5.56 Å². The van der Waals surface area contributed by atoms with Crippen molar-refractivity contribution < 1.29 is 4.74 Å². The fourth-order valence-corrected chi connectivity index (χ4v) is 1.98. The van der Waals surface area contributed by atoms with Crippen molar-refractivity contribution in [2.75, 3.05) is 24.2 Å². The van der Waals surface area contributed by atoms with Crippen LogP contribution in [0.3, 0.4) is 0 Å². The first-order valence-corrected chi connectivity index (χ1v) is 6.59. The van der Waals surface area contributed by atoms with Gasteiger partial charge in [-0.1, -0.05) is 0 Å². The van der Waals surface area contributed by atoms with E-state index in [4.69, 9.17) is 10.5 Å². The standard InChI is InChI=1S/C14H20N4O2/c1-4-20-14(2,3)8-16-13-17-11-6-5-9(15)7-10(11)12(19)18-13/h5-7H,4,8,15H2,1-3H3,(H2,16,17,18,19). The molecule has 0 spiro atoms. The number of ether oxygens (including phenoxy) is 1. The Morgan fingerprint density at radius 1 is 1.45 bits per heavy atom. The number of aromatic amines is 1. The van der Waals surface area contributed by atoms with Gasteiger partial charge in [-0.2, -0.15) is 0 Å². The van der Waals surface area contributed by atoms with E-state index in [1.54, 1.807) is 18.2 Å². The predicted molar refractivity (Wildman–Crippen MR) is 81.0 cm³/mol. The van der Waals surface area contributed by atoms with Crippen LogP contribution in [-0.2, 0) is 4.74 Å². The van der Waals surface area contributed by atoms with Crippen molar-refractivity contribution in [2.45, 2.75) is 26.4 Å². The van der Waals surface area contributed by atoms with E-state index < -0.39 is 0 Å². The van der Waals surface area contributed by atoms with E-state index in [2.05, 4.69) is 15.3 Å². The van der Waals surface area contributed by atoms with Crippen molar-refractivity contribution in [3.05, 3.63) is 28.6 Å². The average Bonchev–Trinajstić information content (AvgIpc) is 2.37. The summed E-state index contributed by atoms with van der Waals surface area (Å²) < 4.78 is 5.59. The molecule has 0 saturated heterocycles. The third kappa shape index (κ3) is 3.27. The molecule has 6 heteroatoms. The molecule has 0 bridgehead atoms. The van der Waals surface area contributed by atoms with Gasteiger partial charge in [-0.15, -0.1) is 0 Å². The lowest BCUT2D eigenvalue weighted by molar-refractivity contribution is 0.000583. The minimum absolute atomic E-state index is 0.209. The molecule has 0 saturated carbocycles. The number of benzene rings is 1. The average molecular weight is 276 g/mol. The van der Waals surface area contributed by atoms with E-state index in [1.807, 2.05) is 20.8 Å². The summed E-state index contributed by atoms with van der Waals surface area (Å²) in [6, 6.07) is 5.08. The van der Waals surface area contributed by atoms with Crippen LogP contribution in [-0.4, -0.2) is 28.7 Å². The lowest BCUT2D eigenvalue weighted by atomic mass is 10.1. The Kier molecular flexibility index (Phi) is 3.94. The maximum absolute atomic E-state index is 12.0. The summed E-state index contributed by atoms with van der Waals surface area (Å²) >= 11 is 0. The van der Waals surface area contributed by atoms with Crippen LogP contribution in [0.15, 0.2) is 23.0 Å². The third-order valence-corrected chi connectivity index (χ3v) is 2.95. The van der Waals surface area contributed by atoms with Gasteiger partial charge in [-0.25, -0.2) is 4.98 Å². The molecule has 0 aliphatic rings. The number of nitrogen functional groups attached to an aromatic ring is 1. The van der Waals surface area contributed by atoms with Gasteiger partial charge in [-0.05, 0) is 39.0 Å². The Hall–Kier alpha value is -2.08. The van der Waals surface area contributed by atoms with Crippen molar-refractivity contribution >= 4 is 22.5 Å². The summed E-state index contributed by atoms with van der Waals surface area (Å²) in [5, 5.41) is 3.58. The molecule has 0 fully saturated rings. The van der Waals surface area contributed by atoms with Gasteiger partial charge < -0.3 is 15.8 Å². The Morgan fingerprint density at radius 3 is 2.90 bits per heavy atom. The topological polar surface area (TPSA) is 93.0 Å². The second kappa shape index (κ2) is 5.50. The molecule has 6 nitrogen and oxygen atoms in total. The second-order valence-electron chi connectivity index (χ2n) is 5.24. The maximum Gasteiger partial charge on any atom is 0.260 e. The van der Waals surface area contributed by atoms with Gasteiger partial charge >= 0.3 is 0 Å². The fourth-order valence-electron chi connectivity index (χ4n) is 1.98. The SMILES string of the molecule is CCOC(C)(C)CNc1nc2ccc(N)cc2c(=O)[nH]1. The summed E-state index contributed by atoms with van der Waals surface area (Å²) in [5.74, 6) is 0.431. The molecule has 0 aliphatic carbocycles. The smallest absolute Gasteiger partial charge is 0.260 e. The first-order chi connectivity index (χ1) is 9.41. The maximum atomic E-state index is 12.0. The lowest BCUT2D eigenvalue weighted by Crippen LogP contribution is -2.34. The summed E-state index contributed by atoms with van der Waals surface area (Å²) in [6.07, 6.45) is 0. The van der Waals surface area contributed by atoms with Crippen molar-refractivity contribution in [2.24, 2.45) is 0 Å². The molecule has 1 aromatic heterocycles. The number of fused-ring (bicyclic) bond motifs is 1. The minimum Gasteiger partial charge on any atom is -0.399 e. The number of hydrogen-bond acceptors (Lipinski definition) is 5. The number of nitrogens with one attached hydrogen (secondary N) is 2. The number of nitrogens with zero attached hydrogens (tertiary/aromatic N) is 1. The molecule has 0 aliphatic heterocycles. The predicted octanol–water partition coefficient (Wildman–Crippen LogP) is 1.73. The van der Waals surface area contributed by atoms with Gasteiger partial charge in [0.15, 0.2) is 0 Å². The molecular weight excluding hydrogens is 256 g/mol. The van der Waals surface area contributed by atoms with Crippen molar-refractivity contribution in [3.63, 3.8) is 0 Å². The molecule has 0 unspecified atom stereocenters. The van der Waals surface area contributed by atoms with Gasteiger partial charge in [0.2, 0.25) is 5.95 Å². The number of rotatable bonds is 5. The molecule has 2 aromatic rings. The van der Waals surface area contributed by atoms with Crippen LogP contribution < -0.4 is 16.6 Å². The first-order valence-electron chi connectivity index (χ1n) is 6.59. The molecule has 1 heterocycles. The molecular formula is C14H20N4O2. The highest BCUT2D eigenvalue weighted by Gasteiger charge is 2.17. The molecule has 0 amide bonds. The molecule has 2 rings (SSSR count). The molecule has 1 aromatic carbocycles. The molecule has 108 valence electrons. The number of aromatic nitrogens is 2.